The van der Waals surface area contributed by atoms with E-state index in [1.165, 1.54) is 0 Å². The topological polar surface area (TPSA) is 38.3 Å². The van der Waals surface area contributed by atoms with Crippen LogP contribution in [0.3, 0.4) is 0 Å². The Kier molecular flexibility index (Phi) is 3.85. The van der Waals surface area contributed by atoms with E-state index < -0.39 is 11.6 Å². The van der Waals surface area contributed by atoms with Crippen molar-refractivity contribution in [2.75, 3.05) is 12.3 Å². The van der Waals surface area contributed by atoms with Gasteiger partial charge in [0.15, 0.2) is 0 Å². The molecule has 0 amide bonds. The van der Waals surface area contributed by atoms with Crippen molar-refractivity contribution < 1.29 is 9.53 Å². The lowest BCUT2D eigenvalue weighted by Crippen LogP contribution is -2.23. The van der Waals surface area contributed by atoms with Crippen LogP contribution in [0.15, 0.2) is 0 Å². The van der Waals surface area contributed by atoms with Crippen LogP contribution in [0.2, 0.25) is 0 Å². The summed E-state index contributed by atoms with van der Waals surface area (Å²) in [6, 6.07) is 0. The second kappa shape index (κ2) is 4.72. The van der Waals surface area contributed by atoms with Gasteiger partial charge in [0.1, 0.15) is 11.0 Å². The smallest absolute Gasteiger partial charge is 0.384 e. The Morgan fingerprint density at radius 2 is 2.29 bits per heavy atom. The molecule has 0 aliphatic carbocycles. The highest BCUT2D eigenvalue weighted by Gasteiger charge is 2.15. The number of hydrogen-bond acceptors (Lipinski definition) is 4. The molecule has 0 aromatic carbocycles. The summed E-state index contributed by atoms with van der Waals surface area (Å²) in [5.74, 6) is 5.92. The van der Waals surface area contributed by atoms with E-state index in [9.17, 15) is 4.79 Å². The standard InChI is InChI=1S/C10H15NO2S/c1-10(2,3)13-9(12)5-4-8-11-6-7-14-8/h8,11H,6-7H2,1-3H3. The maximum atomic E-state index is 11.2. The minimum absolute atomic E-state index is 0.0857. The molecule has 0 spiro atoms. The second-order valence-electron chi connectivity index (χ2n) is 3.98. The highest BCUT2D eigenvalue weighted by atomic mass is 32.2. The third-order valence-corrected chi connectivity index (χ3v) is 2.48. The van der Waals surface area contributed by atoms with E-state index in [4.69, 9.17) is 4.74 Å². The van der Waals surface area contributed by atoms with Crippen molar-refractivity contribution in [2.45, 2.75) is 31.7 Å². The van der Waals surface area contributed by atoms with Crippen LogP contribution < -0.4 is 5.32 Å². The van der Waals surface area contributed by atoms with E-state index in [-0.39, 0.29) is 5.37 Å². The monoisotopic (exact) mass is 213 g/mol. The Morgan fingerprint density at radius 3 is 2.79 bits per heavy atom. The second-order valence-corrected chi connectivity index (χ2v) is 5.19. The number of thioether (sulfide) groups is 1. The fraction of sp³-hybridized carbons (Fsp3) is 0.700. The van der Waals surface area contributed by atoms with E-state index in [0.29, 0.717) is 0 Å². The normalized spacial score (nSPS) is 21.2. The molecule has 1 saturated heterocycles. The van der Waals surface area contributed by atoms with E-state index in [0.717, 1.165) is 12.3 Å². The molecule has 1 heterocycles. The third-order valence-electron chi connectivity index (χ3n) is 1.42. The summed E-state index contributed by atoms with van der Waals surface area (Å²) in [6.07, 6.45) is 0. The average Bonchev–Trinajstić information content (AvgIpc) is 2.49. The molecule has 1 atom stereocenters. The van der Waals surface area contributed by atoms with Crippen molar-refractivity contribution in [3.8, 4) is 11.8 Å². The van der Waals surface area contributed by atoms with Gasteiger partial charge in [0.05, 0.1) is 0 Å². The SMILES string of the molecule is CC(C)(C)OC(=O)C#CC1NCCS1. The van der Waals surface area contributed by atoms with Gasteiger partial charge in [-0.2, -0.15) is 0 Å². The predicted octanol–water partition coefficient (Wildman–Crippen LogP) is 0.994. The van der Waals surface area contributed by atoms with Crippen molar-refractivity contribution in [2.24, 2.45) is 0 Å². The Hall–Kier alpha value is -0.660. The first kappa shape index (κ1) is 11.4. The van der Waals surface area contributed by atoms with Crippen LogP contribution in [-0.4, -0.2) is 29.2 Å². The van der Waals surface area contributed by atoms with Gasteiger partial charge in [0, 0.05) is 18.2 Å². The van der Waals surface area contributed by atoms with Crippen molar-refractivity contribution in [1.82, 2.24) is 5.32 Å². The zero-order valence-electron chi connectivity index (χ0n) is 8.72. The number of nitrogens with one attached hydrogen (secondary N) is 1. The number of esters is 1. The summed E-state index contributed by atoms with van der Waals surface area (Å²) in [5.41, 5.74) is -0.456. The quantitative estimate of drug-likeness (QED) is 0.370. The van der Waals surface area contributed by atoms with Crippen molar-refractivity contribution in [1.29, 1.82) is 0 Å². The van der Waals surface area contributed by atoms with Gasteiger partial charge >= 0.3 is 5.97 Å². The molecule has 0 bridgehead atoms. The zero-order chi connectivity index (χ0) is 10.6. The molecule has 0 radical (unpaired) electrons. The summed E-state index contributed by atoms with van der Waals surface area (Å²) in [4.78, 5) is 11.2. The lowest BCUT2D eigenvalue weighted by Gasteiger charge is -2.16. The molecule has 1 fully saturated rings. The molecule has 0 saturated carbocycles. The van der Waals surface area contributed by atoms with Crippen molar-refractivity contribution in [3.05, 3.63) is 0 Å². The lowest BCUT2D eigenvalue weighted by molar-refractivity contribution is -0.147. The summed E-state index contributed by atoms with van der Waals surface area (Å²) < 4.78 is 5.05. The number of carbonyl (C=O) groups excluding carboxylic acids is 1. The zero-order valence-corrected chi connectivity index (χ0v) is 9.53. The van der Waals surface area contributed by atoms with Crippen LogP contribution in [-0.2, 0) is 9.53 Å². The Labute approximate surface area is 89.0 Å². The van der Waals surface area contributed by atoms with Gasteiger partial charge in [-0.05, 0) is 20.8 Å². The fourth-order valence-corrected chi connectivity index (χ4v) is 1.80. The van der Waals surface area contributed by atoms with Gasteiger partial charge in [-0.3, -0.25) is 5.32 Å². The van der Waals surface area contributed by atoms with E-state index in [2.05, 4.69) is 17.2 Å². The molecular weight excluding hydrogens is 198 g/mol. The third kappa shape index (κ3) is 4.54. The molecule has 0 aromatic rings. The van der Waals surface area contributed by atoms with Crippen LogP contribution in [0.1, 0.15) is 20.8 Å². The molecule has 4 heteroatoms. The van der Waals surface area contributed by atoms with Gasteiger partial charge in [-0.1, -0.05) is 5.92 Å². The molecule has 1 unspecified atom stereocenters. The maximum absolute atomic E-state index is 11.2. The molecular formula is C10H15NO2S. The van der Waals surface area contributed by atoms with Crippen LogP contribution in [0.25, 0.3) is 0 Å². The van der Waals surface area contributed by atoms with Gasteiger partial charge in [-0.25, -0.2) is 4.79 Å². The largest absolute Gasteiger partial charge is 0.450 e. The molecule has 3 nitrogen and oxygen atoms in total. The van der Waals surface area contributed by atoms with E-state index in [1.807, 2.05) is 20.8 Å². The Balaban J connectivity index is 2.39. The van der Waals surface area contributed by atoms with Crippen LogP contribution in [0.5, 0.6) is 0 Å². The highest BCUT2D eigenvalue weighted by molar-refractivity contribution is 8.00. The first-order valence-electron chi connectivity index (χ1n) is 4.57. The van der Waals surface area contributed by atoms with Crippen molar-refractivity contribution in [3.63, 3.8) is 0 Å². The summed E-state index contributed by atoms with van der Waals surface area (Å²) in [6.45, 7) is 6.44. The first-order valence-corrected chi connectivity index (χ1v) is 5.62. The number of carbonyl (C=O) groups is 1. The van der Waals surface area contributed by atoms with Gasteiger partial charge in [0.2, 0.25) is 0 Å². The molecule has 1 rings (SSSR count). The molecule has 14 heavy (non-hydrogen) atoms. The number of ether oxygens (including phenoxy) is 1. The summed E-state index contributed by atoms with van der Waals surface area (Å²) >= 11 is 1.71. The highest BCUT2D eigenvalue weighted by Crippen LogP contribution is 2.12. The van der Waals surface area contributed by atoms with Crippen LogP contribution in [0, 0.1) is 11.8 Å². The van der Waals surface area contributed by atoms with Gasteiger partial charge in [-0.15, -0.1) is 11.8 Å². The van der Waals surface area contributed by atoms with Crippen molar-refractivity contribution >= 4 is 17.7 Å². The lowest BCUT2D eigenvalue weighted by atomic mass is 10.2. The molecule has 78 valence electrons. The average molecular weight is 213 g/mol. The van der Waals surface area contributed by atoms with Gasteiger partial charge < -0.3 is 4.74 Å². The molecule has 1 aliphatic heterocycles. The fourth-order valence-electron chi connectivity index (χ4n) is 0.947. The minimum atomic E-state index is -0.456. The summed E-state index contributed by atoms with van der Waals surface area (Å²) in [5, 5.41) is 3.24. The van der Waals surface area contributed by atoms with E-state index in [1.54, 1.807) is 11.8 Å². The molecule has 1 aliphatic rings. The van der Waals surface area contributed by atoms with E-state index >= 15 is 0 Å². The maximum Gasteiger partial charge on any atom is 0.384 e. The summed E-state index contributed by atoms with van der Waals surface area (Å²) in [7, 11) is 0. The Morgan fingerprint density at radius 1 is 1.57 bits per heavy atom. The first-order chi connectivity index (χ1) is 6.47. The number of rotatable bonds is 0. The minimum Gasteiger partial charge on any atom is -0.450 e. The van der Waals surface area contributed by atoms with Crippen LogP contribution in [0.4, 0.5) is 0 Å². The Bertz CT molecular complexity index is 266. The predicted molar refractivity (Wildman–Crippen MR) is 57.9 cm³/mol. The van der Waals surface area contributed by atoms with Gasteiger partial charge in [0.25, 0.3) is 0 Å². The van der Waals surface area contributed by atoms with Crippen LogP contribution >= 0.6 is 11.8 Å². The molecule has 1 N–H and O–H groups in total. The molecule has 0 aromatic heterocycles. The number of hydrogen-bond donors (Lipinski definition) is 1.